The maximum Gasteiger partial charge on any atom is 0.357 e. The van der Waals surface area contributed by atoms with Crippen molar-refractivity contribution in [1.82, 2.24) is 24.6 Å². The normalized spacial score (nSPS) is 17.7. The first-order valence-electron chi connectivity index (χ1n) is 10.1. The minimum Gasteiger partial charge on any atom is -0.461 e. The Morgan fingerprint density at radius 1 is 1.31 bits per heavy atom. The smallest absolute Gasteiger partial charge is 0.357 e. The Bertz CT molecular complexity index is 1230. The van der Waals surface area contributed by atoms with E-state index in [2.05, 4.69) is 26.9 Å². The van der Waals surface area contributed by atoms with Crippen LogP contribution in [-0.2, 0) is 9.53 Å². The fraction of sp³-hybridized carbons (Fsp3) is 0.261. The van der Waals surface area contributed by atoms with Crippen LogP contribution in [0.5, 0.6) is 0 Å². The van der Waals surface area contributed by atoms with Crippen molar-refractivity contribution in [1.29, 1.82) is 0 Å². The van der Waals surface area contributed by atoms with Gasteiger partial charge in [-0.05, 0) is 31.2 Å². The summed E-state index contributed by atoms with van der Waals surface area (Å²) in [5, 5.41) is 14.6. The predicted octanol–water partition coefficient (Wildman–Crippen LogP) is 1.45. The Balaban J connectivity index is 1.72. The van der Waals surface area contributed by atoms with Crippen molar-refractivity contribution >= 4 is 11.9 Å². The molecular formula is C23H21N5O4. The first-order valence-corrected chi connectivity index (χ1v) is 10.1. The number of nitrogens with zero attached hydrogens (tertiary/aromatic N) is 5. The highest BCUT2D eigenvalue weighted by Gasteiger charge is 2.42. The Hall–Kier alpha value is -4.03. The number of carbonyl (C=O) groups excluding carboxylic acids is 2. The molecule has 0 aliphatic carbocycles. The van der Waals surface area contributed by atoms with Crippen LogP contribution in [0.1, 0.15) is 29.4 Å². The van der Waals surface area contributed by atoms with Crippen LogP contribution < -0.4 is 0 Å². The zero-order valence-corrected chi connectivity index (χ0v) is 17.6. The van der Waals surface area contributed by atoms with Gasteiger partial charge in [0, 0.05) is 31.1 Å². The topological polar surface area (TPSA) is 110 Å². The lowest BCUT2D eigenvalue weighted by atomic mass is 10.0. The fourth-order valence-corrected chi connectivity index (χ4v) is 3.35. The van der Waals surface area contributed by atoms with E-state index in [9.17, 15) is 14.7 Å². The van der Waals surface area contributed by atoms with Gasteiger partial charge in [-0.15, -0.1) is 0 Å². The number of carbonyl (C=O) groups is 2. The lowest BCUT2D eigenvalue weighted by Crippen LogP contribution is -2.37. The van der Waals surface area contributed by atoms with Crippen LogP contribution in [0.3, 0.4) is 0 Å². The summed E-state index contributed by atoms with van der Waals surface area (Å²) >= 11 is 0. The maximum atomic E-state index is 12.3. The molecule has 9 heteroatoms. The lowest BCUT2D eigenvalue weighted by molar-refractivity contribution is -0.137. The van der Waals surface area contributed by atoms with Gasteiger partial charge in [-0.25, -0.2) is 19.4 Å². The molecule has 3 aromatic rings. The fourth-order valence-electron chi connectivity index (χ4n) is 3.35. The average molecular weight is 431 g/mol. The molecule has 0 spiro atoms. The number of ether oxygens (including phenoxy) is 1. The number of amides is 1. The number of aromatic nitrogens is 4. The zero-order chi connectivity index (χ0) is 22.7. The maximum absolute atomic E-state index is 12.3. The van der Waals surface area contributed by atoms with Gasteiger partial charge in [0.2, 0.25) is 5.60 Å². The average Bonchev–Trinajstić information content (AvgIpc) is 3.43. The summed E-state index contributed by atoms with van der Waals surface area (Å²) in [6, 6.07) is 10.5. The third-order valence-corrected chi connectivity index (χ3v) is 5.06. The van der Waals surface area contributed by atoms with Gasteiger partial charge >= 0.3 is 5.97 Å². The van der Waals surface area contributed by atoms with E-state index in [1.807, 2.05) is 6.07 Å². The summed E-state index contributed by atoms with van der Waals surface area (Å²) in [4.78, 5) is 34.4. The van der Waals surface area contributed by atoms with Crippen molar-refractivity contribution in [2.45, 2.75) is 18.9 Å². The van der Waals surface area contributed by atoms with E-state index in [1.54, 1.807) is 44.3 Å². The van der Waals surface area contributed by atoms with Crippen molar-refractivity contribution in [3.05, 3.63) is 60.3 Å². The van der Waals surface area contributed by atoms with Crippen LogP contribution >= 0.6 is 0 Å². The van der Waals surface area contributed by atoms with Gasteiger partial charge in [0.1, 0.15) is 12.7 Å². The highest BCUT2D eigenvalue weighted by Crippen LogP contribution is 2.24. The Morgan fingerprint density at radius 3 is 2.84 bits per heavy atom. The predicted molar refractivity (Wildman–Crippen MR) is 115 cm³/mol. The molecule has 1 amide bonds. The van der Waals surface area contributed by atoms with Crippen LogP contribution in [0.4, 0.5) is 0 Å². The second-order valence-corrected chi connectivity index (χ2v) is 7.32. The number of pyridine rings is 1. The molecule has 1 aliphatic rings. The molecule has 0 saturated carbocycles. The lowest BCUT2D eigenvalue weighted by Gasteiger charge is -2.13. The van der Waals surface area contributed by atoms with E-state index in [-0.39, 0.29) is 18.7 Å². The van der Waals surface area contributed by atoms with Crippen molar-refractivity contribution in [2.75, 3.05) is 20.2 Å². The number of aliphatic hydroxyl groups is 1. The minimum absolute atomic E-state index is 0.139. The summed E-state index contributed by atoms with van der Waals surface area (Å²) in [6.07, 6.45) is 3.18. The van der Waals surface area contributed by atoms with Gasteiger partial charge in [-0.1, -0.05) is 24.0 Å². The van der Waals surface area contributed by atoms with E-state index < -0.39 is 17.5 Å². The van der Waals surface area contributed by atoms with Crippen LogP contribution in [-0.4, -0.2) is 67.4 Å². The highest BCUT2D eigenvalue weighted by molar-refractivity contribution is 5.90. The van der Waals surface area contributed by atoms with Crippen LogP contribution in [0, 0.1) is 11.8 Å². The van der Waals surface area contributed by atoms with Crippen LogP contribution in [0.2, 0.25) is 0 Å². The molecule has 1 aliphatic heterocycles. The highest BCUT2D eigenvalue weighted by atomic mass is 16.5. The number of likely N-dealkylation sites (tertiary alicyclic amines) is 1. The summed E-state index contributed by atoms with van der Waals surface area (Å²) in [7, 11) is 1.64. The summed E-state index contributed by atoms with van der Waals surface area (Å²) in [6.45, 7) is 2.41. The van der Waals surface area contributed by atoms with Gasteiger partial charge in [-0.2, -0.15) is 5.10 Å². The molecule has 2 aromatic heterocycles. The molecule has 0 bridgehead atoms. The van der Waals surface area contributed by atoms with E-state index in [1.165, 1.54) is 22.2 Å². The van der Waals surface area contributed by atoms with Gasteiger partial charge < -0.3 is 14.7 Å². The second kappa shape index (κ2) is 8.61. The van der Waals surface area contributed by atoms with Crippen molar-refractivity contribution in [2.24, 2.45) is 0 Å². The Kier molecular flexibility index (Phi) is 5.71. The monoisotopic (exact) mass is 431 g/mol. The SMILES string of the molecule is CCOC(=O)c1cc(-n2cncn2)cc(-c2cccc(C#C[C@]3(O)CCN(C)C3=O)c2)n1. The molecule has 1 N–H and O–H groups in total. The molecule has 32 heavy (non-hydrogen) atoms. The first kappa shape index (κ1) is 21.2. The van der Waals surface area contributed by atoms with Gasteiger partial charge in [0.25, 0.3) is 5.91 Å². The molecule has 9 nitrogen and oxygen atoms in total. The van der Waals surface area contributed by atoms with Crippen molar-refractivity contribution in [3.63, 3.8) is 0 Å². The largest absolute Gasteiger partial charge is 0.461 e. The molecular weight excluding hydrogens is 410 g/mol. The third-order valence-electron chi connectivity index (χ3n) is 5.06. The van der Waals surface area contributed by atoms with Crippen LogP contribution in [0.15, 0.2) is 49.1 Å². The van der Waals surface area contributed by atoms with E-state index in [0.717, 1.165) is 0 Å². The van der Waals surface area contributed by atoms with E-state index in [4.69, 9.17) is 4.74 Å². The standard InChI is InChI=1S/C23H21N5O4/c1-3-32-21(29)20-13-18(28-15-24-14-25-28)12-19(26-20)17-6-4-5-16(11-17)7-8-23(31)9-10-27(2)22(23)30/h4-6,11-15,31H,3,9-10H2,1-2H3/t23-/m0/s1. The third kappa shape index (κ3) is 4.22. The Morgan fingerprint density at radius 2 is 2.16 bits per heavy atom. The Labute approximate surface area is 184 Å². The summed E-state index contributed by atoms with van der Waals surface area (Å²) in [5.41, 5.74) is 0.879. The number of benzene rings is 1. The molecule has 1 aromatic carbocycles. The van der Waals surface area contributed by atoms with E-state index in [0.29, 0.717) is 29.1 Å². The van der Waals surface area contributed by atoms with E-state index >= 15 is 0 Å². The van der Waals surface area contributed by atoms with Gasteiger partial charge in [-0.3, -0.25) is 4.79 Å². The number of hydrogen-bond acceptors (Lipinski definition) is 7. The molecule has 4 rings (SSSR count). The number of hydrogen-bond donors (Lipinski definition) is 1. The van der Waals surface area contributed by atoms with Crippen molar-refractivity contribution < 1.29 is 19.4 Å². The quantitative estimate of drug-likeness (QED) is 0.492. The van der Waals surface area contributed by atoms with Gasteiger partial charge in [0.15, 0.2) is 5.69 Å². The number of rotatable bonds is 4. The zero-order valence-electron chi connectivity index (χ0n) is 17.6. The molecule has 0 radical (unpaired) electrons. The summed E-state index contributed by atoms with van der Waals surface area (Å²) < 4.78 is 6.63. The second-order valence-electron chi connectivity index (χ2n) is 7.32. The molecule has 1 saturated heterocycles. The summed E-state index contributed by atoms with van der Waals surface area (Å²) in [5.74, 6) is 4.66. The molecule has 0 unspecified atom stereocenters. The molecule has 1 fully saturated rings. The van der Waals surface area contributed by atoms with Gasteiger partial charge in [0.05, 0.1) is 18.0 Å². The number of esters is 1. The molecule has 3 heterocycles. The first-order chi connectivity index (χ1) is 15.4. The van der Waals surface area contributed by atoms with Crippen LogP contribution in [0.25, 0.3) is 16.9 Å². The van der Waals surface area contributed by atoms with Crippen molar-refractivity contribution in [3.8, 4) is 28.8 Å². The molecule has 162 valence electrons. The molecule has 1 atom stereocenters. The minimum atomic E-state index is -1.67. The number of likely N-dealkylation sites (N-methyl/N-ethyl adjacent to an activating group) is 1.